The minimum absolute atomic E-state index is 0.0295. The molecule has 0 atom stereocenters. The third kappa shape index (κ3) is 4.17. The van der Waals surface area contributed by atoms with Crippen LogP contribution in [0.2, 0.25) is 0 Å². The van der Waals surface area contributed by atoms with Crippen molar-refractivity contribution in [1.82, 2.24) is 25.1 Å². The average molecular weight is 383 g/mol. The van der Waals surface area contributed by atoms with E-state index in [-0.39, 0.29) is 11.6 Å². The van der Waals surface area contributed by atoms with Crippen molar-refractivity contribution in [1.29, 1.82) is 0 Å². The van der Waals surface area contributed by atoms with Crippen molar-refractivity contribution in [3.63, 3.8) is 0 Å². The van der Waals surface area contributed by atoms with E-state index in [0.717, 1.165) is 18.7 Å². The number of thiophene rings is 1. The molecule has 2 aromatic heterocycles. The summed E-state index contributed by atoms with van der Waals surface area (Å²) in [4.78, 5) is 35.9. The monoisotopic (exact) mass is 383 g/mol. The summed E-state index contributed by atoms with van der Waals surface area (Å²) in [6.07, 6.45) is 0. The van der Waals surface area contributed by atoms with Crippen molar-refractivity contribution >= 4 is 28.3 Å². The number of fused-ring (bicyclic) bond motifs is 1. The number of nitrogens with zero attached hydrogens (tertiary/aromatic N) is 3. The number of amides is 2. The summed E-state index contributed by atoms with van der Waals surface area (Å²) >= 11 is 1.63. The van der Waals surface area contributed by atoms with E-state index < -0.39 is 0 Å². The SMILES string of the molecule is O=C(NCc1ccsc1)N1CCN(Cc2nc3ccccc3c(=O)[nH]2)CC1. The number of H-pyrrole nitrogens is 1. The van der Waals surface area contributed by atoms with Crippen molar-refractivity contribution in [2.24, 2.45) is 0 Å². The van der Waals surface area contributed by atoms with Crippen LogP contribution in [0.15, 0.2) is 45.9 Å². The van der Waals surface area contributed by atoms with Crippen LogP contribution in [0.5, 0.6) is 0 Å². The molecule has 0 radical (unpaired) electrons. The van der Waals surface area contributed by atoms with Gasteiger partial charge in [0.05, 0.1) is 17.4 Å². The number of urea groups is 1. The molecule has 8 heteroatoms. The summed E-state index contributed by atoms with van der Waals surface area (Å²) in [5, 5.41) is 7.61. The van der Waals surface area contributed by atoms with Gasteiger partial charge in [-0.05, 0) is 34.5 Å². The Kier molecular flexibility index (Phi) is 5.17. The molecule has 2 N–H and O–H groups in total. The smallest absolute Gasteiger partial charge is 0.317 e. The zero-order valence-electron chi connectivity index (χ0n) is 14.9. The van der Waals surface area contributed by atoms with Crippen LogP contribution in [0.1, 0.15) is 11.4 Å². The maximum Gasteiger partial charge on any atom is 0.317 e. The molecule has 0 spiro atoms. The Morgan fingerprint density at radius 3 is 2.78 bits per heavy atom. The minimum atomic E-state index is -0.109. The first kappa shape index (κ1) is 17.7. The molecule has 1 saturated heterocycles. The number of nitrogens with one attached hydrogen (secondary N) is 2. The molecule has 1 aromatic carbocycles. The molecule has 140 valence electrons. The highest BCUT2D eigenvalue weighted by molar-refractivity contribution is 7.07. The van der Waals surface area contributed by atoms with E-state index >= 15 is 0 Å². The third-order valence-corrected chi connectivity index (χ3v) is 5.45. The molecule has 0 saturated carbocycles. The molecule has 1 aliphatic heterocycles. The molecule has 1 fully saturated rings. The van der Waals surface area contributed by atoms with E-state index in [9.17, 15) is 9.59 Å². The number of carbonyl (C=O) groups is 1. The van der Waals surface area contributed by atoms with Crippen LogP contribution < -0.4 is 10.9 Å². The van der Waals surface area contributed by atoms with E-state index in [4.69, 9.17) is 0 Å². The summed E-state index contributed by atoms with van der Waals surface area (Å²) in [6, 6.07) is 9.33. The highest BCUT2D eigenvalue weighted by Gasteiger charge is 2.21. The Hall–Kier alpha value is -2.71. The first-order chi connectivity index (χ1) is 13.2. The summed E-state index contributed by atoms with van der Waals surface area (Å²) in [7, 11) is 0. The molecule has 3 heterocycles. The van der Waals surface area contributed by atoms with Gasteiger partial charge in [0.15, 0.2) is 0 Å². The molecular weight excluding hydrogens is 362 g/mol. The summed E-state index contributed by atoms with van der Waals surface area (Å²) in [5.74, 6) is 0.661. The Labute approximate surface area is 160 Å². The summed E-state index contributed by atoms with van der Waals surface area (Å²) < 4.78 is 0. The highest BCUT2D eigenvalue weighted by Crippen LogP contribution is 2.10. The van der Waals surface area contributed by atoms with Crippen LogP contribution in [-0.2, 0) is 13.1 Å². The predicted octanol–water partition coefficient (Wildman–Crippen LogP) is 2.01. The second kappa shape index (κ2) is 7.89. The number of aromatic nitrogens is 2. The van der Waals surface area contributed by atoms with Crippen molar-refractivity contribution in [2.75, 3.05) is 26.2 Å². The zero-order chi connectivity index (χ0) is 18.6. The summed E-state index contributed by atoms with van der Waals surface area (Å²) in [5.41, 5.74) is 1.73. The standard InChI is InChI=1S/C19H21N5O2S/c25-18-15-3-1-2-4-16(15)21-17(22-18)12-23-6-8-24(9-7-23)19(26)20-11-14-5-10-27-13-14/h1-5,10,13H,6-9,11-12H2,(H,20,26)(H,21,22,25). The number of hydrogen-bond acceptors (Lipinski definition) is 5. The lowest BCUT2D eigenvalue weighted by molar-refractivity contribution is 0.133. The quantitative estimate of drug-likeness (QED) is 0.722. The van der Waals surface area contributed by atoms with Crippen LogP contribution in [0.3, 0.4) is 0 Å². The van der Waals surface area contributed by atoms with Crippen LogP contribution >= 0.6 is 11.3 Å². The van der Waals surface area contributed by atoms with Gasteiger partial charge < -0.3 is 15.2 Å². The van der Waals surface area contributed by atoms with Gasteiger partial charge in [0, 0.05) is 32.7 Å². The lowest BCUT2D eigenvalue weighted by Crippen LogP contribution is -2.51. The van der Waals surface area contributed by atoms with Crippen LogP contribution in [-0.4, -0.2) is 52.0 Å². The van der Waals surface area contributed by atoms with Crippen LogP contribution in [0.4, 0.5) is 4.79 Å². The molecule has 1 aliphatic rings. The Balaban J connectivity index is 1.31. The van der Waals surface area contributed by atoms with Crippen LogP contribution in [0, 0.1) is 0 Å². The molecule has 4 rings (SSSR count). The Morgan fingerprint density at radius 1 is 1.19 bits per heavy atom. The number of hydrogen-bond donors (Lipinski definition) is 2. The molecule has 2 amide bonds. The van der Waals surface area contributed by atoms with Crippen LogP contribution in [0.25, 0.3) is 10.9 Å². The van der Waals surface area contributed by atoms with Crippen molar-refractivity contribution in [2.45, 2.75) is 13.1 Å². The normalized spacial score (nSPS) is 15.2. The minimum Gasteiger partial charge on any atom is -0.334 e. The van der Waals surface area contributed by atoms with E-state index in [1.54, 1.807) is 17.4 Å². The largest absolute Gasteiger partial charge is 0.334 e. The van der Waals surface area contributed by atoms with Gasteiger partial charge in [0.25, 0.3) is 5.56 Å². The maximum atomic E-state index is 12.3. The topological polar surface area (TPSA) is 81.3 Å². The second-order valence-electron chi connectivity index (χ2n) is 6.58. The van der Waals surface area contributed by atoms with Gasteiger partial charge in [-0.25, -0.2) is 9.78 Å². The molecule has 3 aromatic rings. The van der Waals surface area contributed by atoms with Crippen molar-refractivity contribution in [3.05, 3.63) is 62.8 Å². The van der Waals surface area contributed by atoms with E-state index in [2.05, 4.69) is 20.2 Å². The van der Waals surface area contributed by atoms with Gasteiger partial charge in [-0.2, -0.15) is 11.3 Å². The second-order valence-corrected chi connectivity index (χ2v) is 7.36. The maximum absolute atomic E-state index is 12.3. The molecule has 7 nitrogen and oxygen atoms in total. The highest BCUT2D eigenvalue weighted by atomic mass is 32.1. The zero-order valence-corrected chi connectivity index (χ0v) is 15.7. The Bertz CT molecular complexity index is 977. The third-order valence-electron chi connectivity index (χ3n) is 4.72. The predicted molar refractivity (Wildman–Crippen MR) is 106 cm³/mol. The lowest BCUT2D eigenvalue weighted by atomic mass is 10.2. The van der Waals surface area contributed by atoms with Gasteiger partial charge in [-0.1, -0.05) is 12.1 Å². The van der Waals surface area contributed by atoms with Crippen molar-refractivity contribution < 1.29 is 4.79 Å². The molecular formula is C19H21N5O2S. The van der Waals surface area contributed by atoms with E-state index in [1.165, 1.54) is 0 Å². The molecule has 0 aliphatic carbocycles. The lowest BCUT2D eigenvalue weighted by Gasteiger charge is -2.34. The Morgan fingerprint density at radius 2 is 2.00 bits per heavy atom. The molecule has 0 unspecified atom stereocenters. The number of rotatable bonds is 4. The molecule has 27 heavy (non-hydrogen) atoms. The van der Waals surface area contributed by atoms with Gasteiger partial charge >= 0.3 is 6.03 Å². The number of carbonyl (C=O) groups excluding carboxylic acids is 1. The molecule has 0 bridgehead atoms. The fourth-order valence-corrected chi connectivity index (χ4v) is 3.88. The van der Waals surface area contributed by atoms with Crippen molar-refractivity contribution in [3.8, 4) is 0 Å². The van der Waals surface area contributed by atoms with Gasteiger partial charge in [-0.15, -0.1) is 0 Å². The average Bonchev–Trinajstić information content (AvgIpc) is 3.20. The first-order valence-corrected chi connectivity index (χ1v) is 9.87. The number of para-hydroxylation sites is 1. The summed E-state index contributed by atoms with van der Waals surface area (Å²) in [6.45, 7) is 3.96. The van der Waals surface area contributed by atoms with Gasteiger partial charge in [0.2, 0.25) is 0 Å². The first-order valence-electron chi connectivity index (χ1n) is 8.93. The van der Waals surface area contributed by atoms with E-state index in [0.29, 0.717) is 42.9 Å². The fourth-order valence-electron chi connectivity index (χ4n) is 3.21. The fraction of sp³-hybridized carbons (Fsp3) is 0.316. The van der Waals surface area contributed by atoms with E-state index in [1.807, 2.05) is 39.9 Å². The van der Waals surface area contributed by atoms with Gasteiger partial charge in [-0.3, -0.25) is 9.69 Å². The number of benzene rings is 1. The van der Waals surface area contributed by atoms with Gasteiger partial charge in [0.1, 0.15) is 5.82 Å². The number of piperazine rings is 1. The number of aromatic amines is 1.